The van der Waals surface area contributed by atoms with E-state index >= 15 is 0 Å². The highest BCUT2D eigenvalue weighted by Crippen LogP contribution is 2.30. The van der Waals surface area contributed by atoms with Crippen LogP contribution in [0.3, 0.4) is 0 Å². The number of carbonyl (C=O) groups is 2. The number of hydrogen-bond donors (Lipinski definition) is 2. The Morgan fingerprint density at radius 3 is 2.55 bits per heavy atom. The maximum absolute atomic E-state index is 12.8. The van der Waals surface area contributed by atoms with Gasteiger partial charge < -0.3 is 15.3 Å². The molecule has 8 heteroatoms. The molecule has 7 nitrogen and oxygen atoms in total. The Bertz CT molecular complexity index is 1000. The number of fused-ring (bicyclic) bond motifs is 4. The topological polar surface area (TPSA) is 95.4 Å². The van der Waals surface area contributed by atoms with Crippen LogP contribution in [0.5, 0.6) is 0 Å². The Hall–Kier alpha value is -2.84. The number of aromatic nitrogens is 2. The van der Waals surface area contributed by atoms with Crippen molar-refractivity contribution in [2.75, 3.05) is 19.6 Å². The van der Waals surface area contributed by atoms with Crippen LogP contribution in [-0.2, 0) is 4.79 Å². The molecule has 3 aliphatic rings. The van der Waals surface area contributed by atoms with E-state index in [1.165, 1.54) is 37.5 Å². The van der Waals surface area contributed by atoms with Crippen molar-refractivity contribution < 1.29 is 14.7 Å². The first-order valence-corrected chi connectivity index (χ1v) is 10.4. The van der Waals surface area contributed by atoms with E-state index in [1.807, 2.05) is 18.2 Å². The number of pyridine rings is 1. The van der Waals surface area contributed by atoms with Crippen molar-refractivity contribution >= 4 is 34.0 Å². The molecule has 0 radical (unpaired) electrons. The van der Waals surface area contributed by atoms with Gasteiger partial charge >= 0.3 is 0 Å². The SMILES string of the molecule is O=C(N[C@@H]1CN2CCC1CC2)c1nsc2cc(-c3ccncc3)ccc12.O=CO. The lowest BCUT2D eigenvalue weighted by Gasteiger charge is -2.44. The molecule has 1 amide bonds. The van der Waals surface area contributed by atoms with Crippen molar-refractivity contribution in [1.82, 2.24) is 19.6 Å². The van der Waals surface area contributed by atoms with Gasteiger partial charge in [-0.2, -0.15) is 4.37 Å². The summed E-state index contributed by atoms with van der Waals surface area (Å²) >= 11 is 1.39. The number of piperidine rings is 3. The van der Waals surface area contributed by atoms with Crippen molar-refractivity contribution in [2.24, 2.45) is 5.92 Å². The standard InChI is InChI=1S/C20H20N4OS.CH2O2/c25-20(22-17-12-24-9-5-14(17)6-10-24)19-16-2-1-15(11-18(16)26-23-19)13-3-7-21-8-4-13;2-1-3/h1-4,7-8,11,14,17H,5-6,9-10,12H2,(H,22,25);1H,(H,2,3)/t17-;/m1./s1. The van der Waals surface area contributed by atoms with Crippen molar-refractivity contribution in [3.05, 3.63) is 48.4 Å². The summed E-state index contributed by atoms with van der Waals surface area (Å²) in [7, 11) is 0. The van der Waals surface area contributed by atoms with Gasteiger partial charge in [-0.05, 0) is 72.7 Å². The Labute approximate surface area is 172 Å². The fourth-order valence-electron chi connectivity index (χ4n) is 4.19. The Morgan fingerprint density at radius 2 is 1.90 bits per heavy atom. The van der Waals surface area contributed by atoms with Crippen LogP contribution in [0.25, 0.3) is 21.2 Å². The zero-order valence-electron chi connectivity index (χ0n) is 15.8. The highest BCUT2D eigenvalue weighted by Gasteiger charge is 2.35. The Kier molecular flexibility index (Phi) is 5.82. The lowest BCUT2D eigenvalue weighted by atomic mass is 9.84. The summed E-state index contributed by atoms with van der Waals surface area (Å²) in [4.78, 5) is 27.7. The second-order valence-corrected chi connectivity index (χ2v) is 8.11. The quantitative estimate of drug-likeness (QED) is 0.645. The van der Waals surface area contributed by atoms with E-state index in [4.69, 9.17) is 9.90 Å². The molecule has 0 aliphatic carbocycles. The molecule has 3 aliphatic heterocycles. The van der Waals surface area contributed by atoms with Crippen LogP contribution in [-0.4, -0.2) is 57.4 Å². The molecule has 29 heavy (non-hydrogen) atoms. The lowest BCUT2D eigenvalue weighted by Crippen LogP contribution is -2.57. The smallest absolute Gasteiger partial charge is 0.290 e. The second kappa shape index (κ2) is 8.67. The first-order valence-electron chi connectivity index (χ1n) is 9.60. The summed E-state index contributed by atoms with van der Waals surface area (Å²) in [6.07, 6.45) is 5.97. The highest BCUT2D eigenvalue weighted by atomic mass is 32.1. The van der Waals surface area contributed by atoms with Gasteiger partial charge in [0.15, 0.2) is 0 Å². The van der Waals surface area contributed by atoms with Gasteiger partial charge in [-0.15, -0.1) is 0 Å². The second-order valence-electron chi connectivity index (χ2n) is 7.30. The molecule has 3 aromatic rings. The summed E-state index contributed by atoms with van der Waals surface area (Å²) < 4.78 is 5.50. The van der Waals surface area contributed by atoms with Gasteiger partial charge in [-0.3, -0.25) is 14.6 Å². The first-order chi connectivity index (χ1) is 14.2. The fourth-order valence-corrected chi connectivity index (χ4v) is 5.00. The predicted molar refractivity (Wildman–Crippen MR) is 112 cm³/mol. The van der Waals surface area contributed by atoms with E-state index in [0.717, 1.165) is 27.8 Å². The Morgan fingerprint density at radius 1 is 1.17 bits per heavy atom. The third kappa shape index (κ3) is 4.13. The number of rotatable bonds is 3. The number of benzene rings is 1. The molecule has 1 aromatic carbocycles. The van der Waals surface area contributed by atoms with Crippen molar-refractivity contribution in [3.8, 4) is 11.1 Å². The molecular weight excluding hydrogens is 388 g/mol. The van der Waals surface area contributed by atoms with Gasteiger partial charge in [0.05, 0.1) is 4.70 Å². The monoisotopic (exact) mass is 410 g/mol. The third-order valence-electron chi connectivity index (χ3n) is 5.67. The predicted octanol–water partition coefficient (Wildman–Crippen LogP) is 2.88. The number of nitrogens with one attached hydrogen (secondary N) is 1. The van der Waals surface area contributed by atoms with Gasteiger partial charge in [0.1, 0.15) is 5.69 Å². The van der Waals surface area contributed by atoms with Gasteiger partial charge in [-0.25, -0.2) is 0 Å². The molecule has 5 heterocycles. The molecule has 2 bridgehead atoms. The summed E-state index contributed by atoms with van der Waals surface area (Å²) in [6, 6.07) is 10.4. The molecule has 3 fully saturated rings. The lowest BCUT2D eigenvalue weighted by molar-refractivity contribution is -0.122. The third-order valence-corrected chi connectivity index (χ3v) is 6.48. The van der Waals surface area contributed by atoms with E-state index in [-0.39, 0.29) is 18.4 Å². The summed E-state index contributed by atoms with van der Waals surface area (Å²) in [5.74, 6) is 0.582. The molecule has 0 saturated carbocycles. The molecule has 0 spiro atoms. The Balaban J connectivity index is 0.000000645. The van der Waals surface area contributed by atoms with Crippen molar-refractivity contribution in [2.45, 2.75) is 18.9 Å². The molecule has 3 saturated heterocycles. The largest absolute Gasteiger partial charge is 0.483 e. The number of carboxylic acid groups (broad SMARTS) is 1. The van der Waals surface area contributed by atoms with Crippen LogP contribution >= 0.6 is 11.5 Å². The molecule has 1 atom stereocenters. The van der Waals surface area contributed by atoms with Gasteiger partial charge in [0.25, 0.3) is 12.4 Å². The zero-order valence-corrected chi connectivity index (χ0v) is 16.6. The number of amides is 1. The zero-order chi connectivity index (χ0) is 20.2. The normalized spacial score (nSPS) is 22.6. The minimum Gasteiger partial charge on any atom is -0.483 e. The number of carbonyl (C=O) groups excluding carboxylic acids is 1. The molecule has 6 rings (SSSR count). The molecule has 0 unspecified atom stereocenters. The highest BCUT2D eigenvalue weighted by molar-refractivity contribution is 7.13. The number of nitrogens with zero attached hydrogens (tertiary/aromatic N) is 3. The van der Waals surface area contributed by atoms with Crippen LogP contribution in [0.1, 0.15) is 23.3 Å². The summed E-state index contributed by atoms with van der Waals surface area (Å²) in [5.41, 5.74) is 2.80. The fraction of sp³-hybridized carbons (Fsp3) is 0.333. The summed E-state index contributed by atoms with van der Waals surface area (Å²) in [5, 5.41) is 11.1. The maximum atomic E-state index is 12.8. The number of hydrogen-bond acceptors (Lipinski definition) is 6. The average molecular weight is 410 g/mol. The molecule has 150 valence electrons. The first kappa shape index (κ1) is 19.5. The van der Waals surface area contributed by atoms with E-state index < -0.39 is 0 Å². The minimum atomic E-state index is -0.250. The average Bonchev–Trinajstić information content (AvgIpc) is 3.19. The molecule has 2 N–H and O–H groups in total. The summed E-state index contributed by atoms with van der Waals surface area (Å²) in [6.45, 7) is 3.08. The minimum absolute atomic E-state index is 0.0355. The molecule has 2 aromatic heterocycles. The van der Waals surface area contributed by atoms with Crippen molar-refractivity contribution in [3.63, 3.8) is 0 Å². The van der Waals surface area contributed by atoms with E-state index in [2.05, 4.69) is 31.7 Å². The van der Waals surface area contributed by atoms with Gasteiger partial charge in [-0.1, -0.05) is 12.1 Å². The van der Waals surface area contributed by atoms with Crippen molar-refractivity contribution in [1.29, 1.82) is 0 Å². The maximum Gasteiger partial charge on any atom is 0.290 e. The van der Waals surface area contributed by atoms with Crippen LogP contribution in [0.2, 0.25) is 0 Å². The van der Waals surface area contributed by atoms with Gasteiger partial charge in [0.2, 0.25) is 0 Å². The van der Waals surface area contributed by atoms with Crippen LogP contribution in [0, 0.1) is 5.92 Å². The van der Waals surface area contributed by atoms with Crippen LogP contribution < -0.4 is 5.32 Å². The van der Waals surface area contributed by atoms with Gasteiger partial charge in [0, 0.05) is 30.4 Å². The van der Waals surface area contributed by atoms with Crippen LogP contribution in [0.15, 0.2) is 42.7 Å². The molecular formula is C21H22N4O3S. The van der Waals surface area contributed by atoms with E-state index in [0.29, 0.717) is 11.6 Å². The van der Waals surface area contributed by atoms with Crippen LogP contribution in [0.4, 0.5) is 0 Å². The van der Waals surface area contributed by atoms with E-state index in [1.54, 1.807) is 12.4 Å². The van der Waals surface area contributed by atoms with E-state index in [9.17, 15) is 4.79 Å².